The van der Waals surface area contributed by atoms with Crippen molar-refractivity contribution in [3.8, 4) is 5.75 Å². The number of rotatable bonds is 12. The lowest BCUT2D eigenvalue weighted by Crippen LogP contribution is -2.45. The van der Waals surface area contributed by atoms with Crippen LogP contribution in [-0.2, 0) is 27.7 Å². The van der Waals surface area contributed by atoms with Gasteiger partial charge in [-0.2, -0.15) is 11.8 Å². The molecule has 0 aliphatic carbocycles. The van der Waals surface area contributed by atoms with Gasteiger partial charge in [0.05, 0.1) is 19.1 Å². The Morgan fingerprint density at radius 1 is 0.861 bits per heavy atom. The van der Waals surface area contributed by atoms with Crippen molar-refractivity contribution in [3.05, 3.63) is 102 Å². The van der Waals surface area contributed by atoms with Crippen LogP contribution in [0.2, 0.25) is 0 Å². The molecule has 1 heterocycles. The summed E-state index contributed by atoms with van der Waals surface area (Å²) in [5.41, 5.74) is 3.59. The molecule has 3 aromatic rings. The Morgan fingerprint density at radius 2 is 1.47 bits per heavy atom. The van der Waals surface area contributed by atoms with Crippen LogP contribution < -0.4 is 4.74 Å². The molecule has 2 unspecified atom stereocenters. The predicted octanol–water partition coefficient (Wildman–Crippen LogP) is 6.99. The molecule has 1 amide bonds. The number of amides is 1. The Balaban J connectivity index is 1.43. The van der Waals surface area contributed by atoms with Gasteiger partial charge in [0.15, 0.2) is 0 Å². The maximum Gasteiger partial charge on any atom is 0.250 e. The van der Waals surface area contributed by atoms with E-state index >= 15 is 0 Å². The summed E-state index contributed by atoms with van der Waals surface area (Å²) in [5.74, 6) is 3.47. The van der Waals surface area contributed by atoms with Crippen LogP contribution in [0.5, 0.6) is 5.75 Å². The smallest absolute Gasteiger partial charge is 0.250 e. The lowest BCUT2D eigenvalue weighted by Gasteiger charge is -2.36. The molecule has 1 aliphatic heterocycles. The van der Waals surface area contributed by atoms with Gasteiger partial charge in [0, 0.05) is 22.0 Å². The molecule has 1 aliphatic rings. The molecule has 36 heavy (non-hydrogen) atoms. The molecule has 0 saturated carbocycles. The summed E-state index contributed by atoms with van der Waals surface area (Å²) in [6.45, 7) is 4.83. The van der Waals surface area contributed by atoms with Crippen LogP contribution in [-0.4, -0.2) is 34.6 Å². The highest BCUT2D eigenvalue weighted by atomic mass is 32.2. The molecule has 1 saturated heterocycles. The molecular formula is C30H35NO3S2. The number of methoxy groups -OCH3 is 1. The lowest BCUT2D eigenvalue weighted by molar-refractivity contribution is -0.198. The summed E-state index contributed by atoms with van der Waals surface area (Å²) in [6.07, 6.45) is 0.804. The van der Waals surface area contributed by atoms with Gasteiger partial charge in [-0.25, -0.2) is 5.06 Å². The Kier molecular flexibility index (Phi) is 9.41. The maximum atomic E-state index is 13.6. The van der Waals surface area contributed by atoms with Gasteiger partial charge in [0.2, 0.25) is 5.91 Å². The van der Waals surface area contributed by atoms with Gasteiger partial charge in [0.25, 0.3) is 0 Å². The molecule has 0 N–H and O–H groups in total. The average Bonchev–Trinajstić information content (AvgIpc) is 3.23. The number of nitrogens with zero attached hydrogens (tertiary/aromatic N) is 1. The molecule has 190 valence electrons. The Bertz CT molecular complexity index is 1090. The predicted molar refractivity (Wildman–Crippen MR) is 151 cm³/mol. The molecule has 1 fully saturated rings. The van der Waals surface area contributed by atoms with Crippen molar-refractivity contribution in [1.29, 1.82) is 0 Å². The van der Waals surface area contributed by atoms with Crippen LogP contribution in [0.3, 0.4) is 0 Å². The monoisotopic (exact) mass is 521 g/mol. The van der Waals surface area contributed by atoms with E-state index in [2.05, 4.69) is 62.4 Å². The molecule has 4 nitrogen and oxygen atoms in total. The Hall–Kier alpha value is -2.41. The van der Waals surface area contributed by atoms with Gasteiger partial charge in [-0.05, 0) is 49.1 Å². The summed E-state index contributed by atoms with van der Waals surface area (Å²) in [7, 11) is 1.66. The van der Waals surface area contributed by atoms with Crippen LogP contribution in [0, 0.1) is 5.92 Å². The van der Waals surface area contributed by atoms with Crippen LogP contribution in [0.15, 0.2) is 84.9 Å². The first-order valence-corrected chi connectivity index (χ1v) is 14.5. The van der Waals surface area contributed by atoms with E-state index in [9.17, 15) is 4.79 Å². The van der Waals surface area contributed by atoms with E-state index in [0.717, 1.165) is 35.0 Å². The van der Waals surface area contributed by atoms with Crippen molar-refractivity contribution in [2.45, 2.75) is 49.2 Å². The van der Waals surface area contributed by atoms with Crippen molar-refractivity contribution < 1.29 is 14.4 Å². The first kappa shape index (κ1) is 26.6. The number of hydrogen-bond donors (Lipinski definition) is 0. The highest BCUT2D eigenvalue weighted by Gasteiger charge is 2.47. The first-order chi connectivity index (χ1) is 17.5. The number of thioether (sulfide) groups is 2. The summed E-state index contributed by atoms with van der Waals surface area (Å²) in [5, 5.41) is 1.69. The highest BCUT2D eigenvalue weighted by Crippen LogP contribution is 2.42. The van der Waals surface area contributed by atoms with E-state index < -0.39 is 0 Å². The van der Waals surface area contributed by atoms with Crippen LogP contribution >= 0.6 is 23.5 Å². The fraction of sp³-hybridized carbons (Fsp3) is 0.367. The molecular weight excluding hydrogens is 486 g/mol. The van der Waals surface area contributed by atoms with Crippen LogP contribution in [0.4, 0.5) is 0 Å². The topological polar surface area (TPSA) is 38.8 Å². The summed E-state index contributed by atoms with van der Waals surface area (Å²) < 4.78 is 5.10. The average molecular weight is 522 g/mol. The van der Waals surface area contributed by atoms with Gasteiger partial charge in [-0.15, -0.1) is 11.8 Å². The molecule has 0 bridgehead atoms. The molecule has 0 aromatic heterocycles. The second-order valence-electron chi connectivity index (χ2n) is 9.61. The zero-order valence-electron chi connectivity index (χ0n) is 21.3. The van der Waals surface area contributed by atoms with E-state index in [4.69, 9.17) is 9.57 Å². The minimum atomic E-state index is -0.162. The third-order valence-electron chi connectivity index (χ3n) is 6.57. The quantitative estimate of drug-likeness (QED) is 0.257. The third kappa shape index (κ3) is 7.09. The van der Waals surface area contributed by atoms with E-state index in [-0.39, 0.29) is 22.6 Å². The van der Waals surface area contributed by atoms with E-state index in [1.54, 1.807) is 12.2 Å². The maximum absolute atomic E-state index is 13.6. The number of carbonyl (C=O) groups excluding carboxylic acids is 1. The van der Waals surface area contributed by atoms with Crippen LogP contribution in [0.1, 0.15) is 37.0 Å². The molecule has 0 spiro atoms. The van der Waals surface area contributed by atoms with Gasteiger partial charge < -0.3 is 4.74 Å². The van der Waals surface area contributed by atoms with Gasteiger partial charge >= 0.3 is 0 Å². The van der Waals surface area contributed by atoms with Crippen molar-refractivity contribution >= 4 is 29.4 Å². The first-order valence-electron chi connectivity index (χ1n) is 12.3. The zero-order chi connectivity index (χ0) is 25.4. The third-order valence-corrected chi connectivity index (χ3v) is 9.24. The fourth-order valence-electron chi connectivity index (χ4n) is 4.36. The number of hydroxylamine groups is 2. The second-order valence-corrected chi connectivity index (χ2v) is 12.3. The van der Waals surface area contributed by atoms with Crippen LogP contribution in [0.25, 0.3) is 0 Å². The minimum Gasteiger partial charge on any atom is -0.497 e. The highest BCUT2D eigenvalue weighted by molar-refractivity contribution is 7.99. The van der Waals surface area contributed by atoms with E-state index in [0.29, 0.717) is 6.61 Å². The largest absolute Gasteiger partial charge is 0.497 e. The zero-order valence-corrected chi connectivity index (χ0v) is 22.9. The minimum absolute atomic E-state index is 0.000661. The molecule has 4 rings (SSSR count). The van der Waals surface area contributed by atoms with Crippen molar-refractivity contribution in [3.63, 3.8) is 0 Å². The van der Waals surface area contributed by atoms with Gasteiger partial charge in [-0.1, -0.05) is 72.8 Å². The summed E-state index contributed by atoms with van der Waals surface area (Å²) >= 11 is 3.71. The number of benzene rings is 3. The van der Waals surface area contributed by atoms with E-state index in [1.165, 1.54) is 11.1 Å². The summed E-state index contributed by atoms with van der Waals surface area (Å²) in [6, 6.07) is 28.8. The molecule has 0 radical (unpaired) electrons. The van der Waals surface area contributed by atoms with E-state index in [1.807, 2.05) is 59.9 Å². The van der Waals surface area contributed by atoms with Crippen molar-refractivity contribution in [2.24, 2.45) is 5.92 Å². The normalized spacial score (nSPS) is 18.0. The van der Waals surface area contributed by atoms with Gasteiger partial charge in [-0.3, -0.25) is 9.63 Å². The molecule has 6 heteroatoms. The van der Waals surface area contributed by atoms with Crippen molar-refractivity contribution in [1.82, 2.24) is 5.06 Å². The van der Waals surface area contributed by atoms with Gasteiger partial charge in [0.1, 0.15) is 12.4 Å². The molecule has 3 aromatic carbocycles. The summed E-state index contributed by atoms with van der Waals surface area (Å²) in [4.78, 5) is 19.8. The Labute approximate surface area is 223 Å². The number of carbonyl (C=O) groups is 1. The van der Waals surface area contributed by atoms with Crippen molar-refractivity contribution in [2.75, 3.05) is 12.9 Å². The number of ether oxygens (including phenoxy) is 1. The number of hydrogen-bond acceptors (Lipinski definition) is 5. The molecule has 2 atom stereocenters. The lowest BCUT2D eigenvalue weighted by atomic mass is 9.98. The SMILES string of the molecule is COc1ccc(CON2C(=O)C(CSCc3ccccc3)CC2C(C)(C)SCc2ccccc2)cc1. The Morgan fingerprint density at radius 3 is 2.08 bits per heavy atom. The fourth-order valence-corrected chi connectivity index (χ4v) is 6.58. The standard InChI is InChI=1S/C30H35NO3S2/c1-30(2,36-21-25-12-8-5-9-13-25)28-18-26(22-35-20-24-10-6-4-7-11-24)29(32)31(28)34-19-23-14-16-27(33-3)17-15-23/h4-17,26,28H,18-22H2,1-3H3. The second kappa shape index (κ2) is 12.7.